The number of likely N-dealkylation sites (tertiary alicyclic amines) is 1. The van der Waals surface area contributed by atoms with E-state index in [-0.39, 0.29) is 24.0 Å². The predicted octanol–water partition coefficient (Wildman–Crippen LogP) is 3.86. The van der Waals surface area contributed by atoms with E-state index in [1.807, 2.05) is 38.1 Å². The van der Waals surface area contributed by atoms with Crippen LogP contribution < -0.4 is 5.32 Å². The summed E-state index contributed by atoms with van der Waals surface area (Å²) in [5.41, 5.74) is 2.38. The lowest BCUT2D eigenvalue weighted by molar-refractivity contribution is -0.148. The van der Waals surface area contributed by atoms with E-state index < -0.39 is 0 Å². The van der Waals surface area contributed by atoms with Gasteiger partial charge in [-0.25, -0.2) is 0 Å². The van der Waals surface area contributed by atoms with Gasteiger partial charge in [-0.15, -0.1) is 0 Å². The van der Waals surface area contributed by atoms with Gasteiger partial charge in [-0.05, 0) is 56.7 Å². The molecule has 1 aromatic heterocycles. The van der Waals surface area contributed by atoms with Crippen molar-refractivity contribution in [3.8, 4) is 0 Å². The second-order valence-electron chi connectivity index (χ2n) is 8.95. The van der Waals surface area contributed by atoms with Crippen LogP contribution in [0.5, 0.6) is 0 Å². The SMILES string of the molecule is CCOC(=O)[C@@H]1C[C@H](NC(=O)c2ccc3cccnc3c2C)CN1CC1CCCCC1. The number of aryl methyl sites for hydroxylation is 1. The van der Waals surface area contributed by atoms with Gasteiger partial charge in [0, 0.05) is 36.3 Å². The van der Waals surface area contributed by atoms with Crippen LogP contribution in [0.15, 0.2) is 30.5 Å². The zero-order valence-electron chi connectivity index (χ0n) is 18.6. The minimum absolute atomic E-state index is 0.0654. The summed E-state index contributed by atoms with van der Waals surface area (Å²) >= 11 is 0. The van der Waals surface area contributed by atoms with Crippen molar-refractivity contribution in [3.05, 3.63) is 41.6 Å². The van der Waals surface area contributed by atoms with E-state index in [0.717, 1.165) is 23.0 Å². The van der Waals surface area contributed by atoms with E-state index in [1.165, 1.54) is 32.1 Å². The zero-order chi connectivity index (χ0) is 21.8. The molecule has 31 heavy (non-hydrogen) atoms. The second-order valence-corrected chi connectivity index (χ2v) is 8.95. The van der Waals surface area contributed by atoms with Crippen LogP contribution in [0.25, 0.3) is 10.9 Å². The maximum Gasteiger partial charge on any atom is 0.323 e. The maximum absolute atomic E-state index is 13.1. The van der Waals surface area contributed by atoms with E-state index in [2.05, 4.69) is 15.2 Å². The smallest absolute Gasteiger partial charge is 0.323 e. The van der Waals surface area contributed by atoms with Crippen molar-refractivity contribution in [2.75, 3.05) is 19.7 Å². The van der Waals surface area contributed by atoms with Gasteiger partial charge < -0.3 is 10.1 Å². The van der Waals surface area contributed by atoms with E-state index in [1.54, 1.807) is 6.20 Å². The molecule has 1 aliphatic carbocycles. The molecule has 4 rings (SSSR count). The lowest BCUT2D eigenvalue weighted by Gasteiger charge is -2.29. The van der Waals surface area contributed by atoms with E-state index in [0.29, 0.717) is 31.1 Å². The third-order valence-corrected chi connectivity index (χ3v) is 6.79. The minimum atomic E-state index is -0.272. The summed E-state index contributed by atoms with van der Waals surface area (Å²) in [7, 11) is 0. The first kappa shape index (κ1) is 21.8. The highest BCUT2D eigenvalue weighted by atomic mass is 16.5. The van der Waals surface area contributed by atoms with Gasteiger partial charge in [0.05, 0.1) is 12.1 Å². The van der Waals surface area contributed by atoms with Crippen LogP contribution in [0, 0.1) is 12.8 Å². The molecular formula is C25H33N3O3. The first-order valence-corrected chi connectivity index (χ1v) is 11.6. The number of nitrogens with one attached hydrogen (secondary N) is 1. The van der Waals surface area contributed by atoms with Crippen molar-refractivity contribution in [2.24, 2.45) is 5.92 Å². The Labute approximate surface area is 184 Å². The quantitative estimate of drug-likeness (QED) is 0.715. The molecule has 166 valence electrons. The van der Waals surface area contributed by atoms with Gasteiger partial charge in [0.2, 0.25) is 0 Å². The van der Waals surface area contributed by atoms with Crippen molar-refractivity contribution in [3.63, 3.8) is 0 Å². The molecule has 2 aromatic rings. The number of hydrogen-bond acceptors (Lipinski definition) is 5. The standard InChI is InChI=1S/C25H33N3O3/c1-3-31-25(30)22-14-20(16-28(22)15-18-8-5-4-6-9-18)27-24(29)21-12-11-19-10-7-13-26-23(19)17(21)2/h7,10-13,18,20,22H,3-6,8-9,14-16H2,1-2H3,(H,27,29)/t20-,22-/m0/s1. The first-order valence-electron chi connectivity index (χ1n) is 11.6. The van der Waals surface area contributed by atoms with E-state index in [4.69, 9.17) is 4.74 Å². The summed E-state index contributed by atoms with van der Waals surface area (Å²) in [6.07, 6.45) is 8.68. The van der Waals surface area contributed by atoms with Crippen LogP contribution in [0.4, 0.5) is 0 Å². The molecule has 2 aliphatic rings. The largest absolute Gasteiger partial charge is 0.465 e. The number of amides is 1. The van der Waals surface area contributed by atoms with Gasteiger partial charge in [0.1, 0.15) is 6.04 Å². The van der Waals surface area contributed by atoms with Gasteiger partial charge in [-0.2, -0.15) is 0 Å². The Morgan fingerprint density at radius 2 is 2.00 bits per heavy atom. The Balaban J connectivity index is 1.46. The fraction of sp³-hybridized carbons (Fsp3) is 0.560. The molecule has 0 bridgehead atoms. The summed E-state index contributed by atoms with van der Waals surface area (Å²) in [5.74, 6) is 0.368. The number of benzene rings is 1. The highest BCUT2D eigenvalue weighted by Crippen LogP contribution is 2.28. The number of fused-ring (bicyclic) bond motifs is 1. The molecule has 1 amide bonds. The number of rotatable bonds is 6. The molecule has 6 nitrogen and oxygen atoms in total. The Morgan fingerprint density at radius 3 is 2.77 bits per heavy atom. The molecule has 0 radical (unpaired) electrons. The second kappa shape index (κ2) is 9.77. The predicted molar refractivity (Wildman–Crippen MR) is 121 cm³/mol. The molecule has 0 unspecified atom stereocenters. The molecule has 2 atom stereocenters. The van der Waals surface area contributed by atoms with Crippen molar-refractivity contribution >= 4 is 22.8 Å². The Morgan fingerprint density at radius 1 is 1.19 bits per heavy atom. The van der Waals surface area contributed by atoms with E-state index in [9.17, 15) is 9.59 Å². The number of pyridine rings is 1. The maximum atomic E-state index is 13.1. The summed E-state index contributed by atoms with van der Waals surface area (Å²) in [6, 6.07) is 7.37. The van der Waals surface area contributed by atoms with Gasteiger partial charge in [-0.1, -0.05) is 31.4 Å². The number of carbonyl (C=O) groups excluding carboxylic acids is 2. The third-order valence-electron chi connectivity index (χ3n) is 6.79. The van der Waals surface area contributed by atoms with Gasteiger partial charge in [0.25, 0.3) is 5.91 Å². The van der Waals surface area contributed by atoms with Crippen LogP contribution in [0.3, 0.4) is 0 Å². The molecule has 6 heteroatoms. The summed E-state index contributed by atoms with van der Waals surface area (Å²) in [5, 5.41) is 4.21. The number of hydrogen-bond donors (Lipinski definition) is 1. The third kappa shape index (κ3) is 4.90. The van der Waals surface area contributed by atoms with Crippen molar-refractivity contribution in [2.45, 2.75) is 64.5 Å². The number of nitrogens with zero attached hydrogens (tertiary/aromatic N) is 2. The Kier molecular flexibility index (Phi) is 6.86. The van der Waals surface area contributed by atoms with Crippen molar-refractivity contribution < 1.29 is 14.3 Å². The van der Waals surface area contributed by atoms with Crippen molar-refractivity contribution in [1.29, 1.82) is 0 Å². The lowest BCUT2D eigenvalue weighted by atomic mass is 9.89. The average molecular weight is 424 g/mol. The average Bonchev–Trinajstić information content (AvgIpc) is 3.17. The topological polar surface area (TPSA) is 71.5 Å². The van der Waals surface area contributed by atoms with Crippen LogP contribution >= 0.6 is 0 Å². The number of aromatic nitrogens is 1. The monoisotopic (exact) mass is 423 g/mol. The molecule has 1 saturated carbocycles. The molecular weight excluding hydrogens is 390 g/mol. The molecule has 1 aromatic carbocycles. The Bertz CT molecular complexity index is 939. The molecule has 1 saturated heterocycles. The fourth-order valence-corrected chi connectivity index (χ4v) is 5.20. The molecule has 2 heterocycles. The van der Waals surface area contributed by atoms with E-state index >= 15 is 0 Å². The van der Waals surface area contributed by atoms with Gasteiger partial charge >= 0.3 is 5.97 Å². The molecule has 0 spiro atoms. The fourth-order valence-electron chi connectivity index (χ4n) is 5.20. The summed E-state index contributed by atoms with van der Waals surface area (Å²) < 4.78 is 5.35. The van der Waals surface area contributed by atoms with Crippen LogP contribution in [-0.4, -0.2) is 53.5 Å². The number of ether oxygens (including phenoxy) is 1. The highest BCUT2D eigenvalue weighted by Gasteiger charge is 2.39. The van der Waals surface area contributed by atoms with Crippen LogP contribution in [0.2, 0.25) is 0 Å². The van der Waals surface area contributed by atoms with Gasteiger partial charge in [-0.3, -0.25) is 19.5 Å². The molecule has 2 fully saturated rings. The van der Waals surface area contributed by atoms with Gasteiger partial charge in [0.15, 0.2) is 0 Å². The van der Waals surface area contributed by atoms with Crippen molar-refractivity contribution in [1.82, 2.24) is 15.2 Å². The normalized spacial score (nSPS) is 22.5. The molecule has 1 aliphatic heterocycles. The number of esters is 1. The summed E-state index contributed by atoms with van der Waals surface area (Å²) in [6.45, 7) is 5.77. The highest BCUT2D eigenvalue weighted by molar-refractivity contribution is 6.00. The lowest BCUT2D eigenvalue weighted by Crippen LogP contribution is -2.41. The first-order chi connectivity index (χ1) is 15.1. The molecule has 1 N–H and O–H groups in total. The Hall–Kier alpha value is -2.47. The van der Waals surface area contributed by atoms with Crippen LogP contribution in [-0.2, 0) is 9.53 Å². The number of carbonyl (C=O) groups is 2. The van der Waals surface area contributed by atoms with Crippen LogP contribution in [0.1, 0.15) is 61.4 Å². The minimum Gasteiger partial charge on any atom is -0.465 e. The summed E-state index contributed by atoms with van der Waals surface area (Å²) in [4.78, 5) is 32.4. The zero-order valence-corrected chi connectivity index (χ0v) is 18.6.